The molecule has 3 heterocycles. The van der Waals surface area contributed by atoms with E-state index in [1.54, 1.807) is 22.7 Å². The second kappa shape index (κ2) is 7.45. The second-order valence-corrected chi connectivity index (χ2v) is 7.06. The molecule has 1 fully saturated rings. The summed E-state index contributed by atoms with van der Waals surface area (Å²) in [5.74, 6) is 0.248. The first-order chi connectivity index (χ1) is 12.4. The number of aromatic nitrogens is 3. The Bertz CT molecular complexity index is 840. The fraction of sp³-hybridized carbons (Fsp3) is 0.444. The van der Waals surface area contributed by atoms with E-state index >= 15 is 0 Å². The average molecular weight is 376 g/mol. The zero-order valence-corrected chi connectivity index (χ0v) is 15.9. The van der Waals surface area contributed by atoms with Crippen LogP contribution in [0, 0.1) is 13.8 Å². The van der Waals surface area contributed by atoms with Gasteiger partial charge >= 0.3 is 0 Å². The molecule has 1 saturated heterocycles. The number of nitrogens with zero attached hydrogens (tertiary/aromatic N) is 4. The number of nitrogens with one attached hydrogen (secondary N) is 1. The summed E-state index contributed by atoms with van der Waals surface area (Å²) in [5, 5.41) is 7.44. The standard InChI is InChI=1S/C18H22ClN5O2/c1-11-8-12(2)17(20-9-11)22-18(26)16-15(19)10-21-24(16)14-4-6-23(7-5-14)13(3)25/h8-10,14H,4-7H2,1-3H3,(H,20,22,26). The molecule has 0 radical (unpaired) electrons. The number of carbonyl (C=O) groups is 2. The maximum absolute atomic E-state index is 12.8. The number of halogens is 1. The molecule has 0 bridgehead atoms. The number of hydrogen-bond donors (Lipinski definition) is 1. The summed E-state index contributed by atoms with van der Waals surface area (Å²) in [5.41, 5.74) is 2.24. The van der Waals surface area contributed by atoms with Gasteiger partial charge < -0.3 is 10.2 Å². The first kappa shape index (κ1) is 18.4. The van der Waals surface area contributed by atoms with Crippen LogP contribution in [-0.2, 0) is 4.79 Å². The lowest BCUT2D eigenvalue weighted by Gasteiger charge is -2.32. The molecule has 3 rings (SSSR count). The Hall–Kier alpha value is -2.41. The summed E-state index contributed by atoms with van der Waals surface area (Å²) in [4.78, 5) is 30.4. The predicted molar refractivity (Wildman–Crippen MR) is 99.4 cm³/mol. The van der Waals surface area contributed by atoms with E-state index in [0.29, 0.717) is 29.6 Å². The molecule has 8 heteroatoms. The highest BCUT2D eigenvalue weighted by Crippen LogP contribution is 2.27. The minimum atomic E-state index is -0.332. The molecule has 0 saturated carbocycles. The molecule has 2 amide bonds. The molecule has 1 aliphatic rings. The number of rotatable bonds is 3. The van der Waals surface area contributed by atoms with Gasteiger partial charge in [0.05, 0.1) is 17.3 Å². The summed E-state index contributed by atoms with van der Waals surface area (Å²) < 4.78 is 1.68. The molecular weight excluding hydrogens is 354 g/mol. The van der Waals surface area contributed by atoms with Gasteiger partial charge in [-0.1, -0.05) is 17.7 Å². The maximum atomic E-state index is 12.8. The van der Waals surface area contributed by atoms with Gasteiger partial charge in [0.1, 0.15) is 11.5 Å². The van der Waals surface area contributed by atoms with E-state index in [2.05, 4.69) is 15.4 Å². The van der Waals surface area contributed by atoms with Gasteiger partial charge in [0.25, 0.3) is 5.91 Å². The number of pyridine rings is 1. The van der Waals surface area contributed by atoms with E-state index in [-0.39, 0.29) is 17.9 Å². The van der Waals surface area contributed by atoms with Crippen LogP contribution in [0.15, 0.2) is 18.5 Å². The van der Waals surface area contributed by atoms with Crippen molar-refractivity contribution in [3.8, 4) is 0 Å². The van der Waals surface area contributed by atoms with Gasteiger partial charge in [-0.25, -0.2) is 4.98 Å². The minimum Gasteiger partial charge on any atom is -0.343 e. The van der Waals surface area contributed by atoms with Crippen LogP contribution in [0.5, 0.6) is 0 Å². The molecule has 0 atom stereocenters. The largest absolute Gasteiger partial charge is 0.343 e. The van der Waals surface area contributed by atoms with Crippen LogP contribution in [-0.4, -0.2) is 44.6 Å². The van der Waals surface area contributed by atoms with Crippen LogP contribution in [0.2, 0.25) is 5.02 Å². The topological polar surface area (TPSA) is 80.1 Å². The van der Waals surface area contributed by atoms with Crippen LogP contribution in [0.3, 0.4) is 0 Å². The molecule has 0 aromatic carbocycles. The summed E-state index contributed by atoms with van der Waals surface area (Å²) in [6.07, 6.45) is 4.67. The highest BCUT2D eigenvalue weighted by Gasteiger charge is 2.27. The first-order valence-electron chi connectivity index (χ1n) is 8.60. The third-order valence-corrected chi connectivity index (χ3v) is 4.95. The van der Waals surface area contributed by atoms with Crippen molar-refractivity contribution in [3.05, 3.63) is 40.3 Å². The Labute approximate surface area is 157 Å². The summed E-state index contributed by atoms with van der Waals surface area (Å²) in [6.45, 7) is 6.71. The van der Waals surface area contributed by atoms with Gasteiger partial charge in [-0.3, -0.25) is 14.3 Å². The van der Waals surface area contributed by atoms with Crippen molar-refractivity contribution in [1.29, 1.82) is 0 Å². The van der Waals surface area contributed by atoms with Crippen molar-refractivity contribution in [2.45, 2.75) is 39.7 Å². The Morgan fingerprint density at radius 3 is 2.54 bits per heavy atom. The van der Waals surface area contributed by atoms with Gasteiger partial charge in [0, 0.05) is 26.2 Å². The SMILES string of the molecule is CC(=O)N1CCC(n2ncc(Cl)c2C(=O)Nc2ncc(C)cc2C)CC1. The van der Waals surface area contributed by atoms with Crippen LogP contribution in [0.4, 0.5) is 5.82 Å². The van der Waals surface area contributed by atoms with Crippen LogP contribution >= 0.6 is 11.6 Å². The Balaban J connectivity index is 1.79. The smallest absolute Gasteiger partial charge is 0.276 e. The quantitative estimate of drug-likeness (QED) is 0.894. The van der Waals surface area contributed by atoms with Crippen molar-refractivity contribution >= 4 is 29.2 Å². The van der Waals surface area contributed by atoms with Crippen molar-refractivity contribution in [2.75, 3.05) is 18.4 Å². The van der Waals surface area contributed by atoms with Gasteiger partial charge in [-0.05, 0) is 37.8 Å². The molecular formula is C18H22ClN5O2. The zero-order chi connectivity index (χ0) is 18.8. The monoisotopic (exact) mass is 375 g/mol. The molecule has 26 heavy (non-hydrogen) atoms. The molecule has 1 aliphatic heterocycles. The van der Waals surface area contributed by atoms with Gasteiger partial charge in [-0.15, -0.1) is 0 Å². The minimum absolute atomic E-state index is 0.0333. The lowest BCUT2D eigenvalue weighted by molar-refractivity contribution is -0.130. The average Bonchev–Trinajstić information content (AvgIpc) is 2.99. The van der Waals surface area contributed by atoms with Crippen LogP contribution in [0.25, 0.3) is 0 Å². The number of anilines is 1. The van der Waals surface area contributed by atoms with Gasteiger partial charge in [0.15, 0.2) is 0 Å². The van der Waals surface area contributed by atoms with Gasteiger partial charge in [-0.2, -0.15) is 5.10 Å². The maximum Gasteiger partial charge on any atom is 0.276 e. The fourth-order valence-electron chi connectivity index (χ4n) is 3.27. The number of amides is 2. The second-order valence-electron chi connectivity index (χ2n) is 6.66. The van der Waals surface area contributed by atoms with E-state index in [1.165, 1.54) is 6.20 Å². The van der Waals surface area contributed by atoms with Crippen molar-refractivity contribution < 1.29 is 9.59 Å². The summed E-state index contributed by atoms with van der Waals surface area (Å²) >= 11 is 6.24. The number of aryl methyl sites for hydroxylation is 2. The highest BCUT2D eigenvalue weighted by molar-refractivity contribution is 6.34. The van der Waals surface area contributed by atoms with Crippen LogP contribution < -0.4 is 5.32 Å². The Morgan fingerprint density at radius 1 is 1.23 bits per heavy atom. The molecule has 2 aromatic heterocycles. The summed E-state index contributed by atoms with van der Waals surface area (Å²) in [7, 11) is 0. The van der Waals surface area contributed by atoms with E-state index in [1.807, 2.05) is 19.9 Å². The van der Waals surface area contributed by atoms with Gasteiger partial charge in [0.2, 0.25) is 5.91 Å². The molecule has 7 nitrogen and oxygen atoms in total. The first-order valence-corrected chi connectivity index (χ1v) is 8.97. The normalized spacial score (nSPS) is 15.2. The van der Waals surface area contributed by atoms with Crippen molar-refractivity contribution in [2.24, 2.45) is 0 Å². The number of carbonyl (C=O) groups excluding carboxylic acids is 2. The third kappa shape index (κ3) is 3.72. The predicted octanol–water partition coefficient (Wildman–Crippen LogP) is 2.98. The third-order valence-electron chi connectivity index (χ3n) is 4.67. The molecule has 138 valence electrons. The Kier molecular flexibility index (Phi) is 5.27. The van der Waals surface area contributed by atoms with E-state index in [9.17, 15) is 9.59 Å². The van der Waals surface area contributed by atoms with E-state index in [4.69, 9.17) is 11.6 Å². The molecule has 1 N–H and O–H groups in total. The number of likely N-dealkylation sites (tertiary alicyclic amines) is 1. The van der Waals surface area contributed by atoms with Crippen LogP contribution in [0.1, 0.15) is 47.4 Å². The fourth-order valence-corrected chi connectivity index (χ4v) is 3.48. The Morgan fingerprint density at radius 2 is 1.92 bits per heavy atom. The molecule has 0 aliphatic carbocycles. The number of hydrogen-bond acceptors (Lipinski definition) is 4. The lowest BCUT2D eigenvalue weighted by Crippen LogP contribution is -2.38. The molecule has 2 aromatic rings. The van der Waals surface area contributed by atoms with E-state index < -0.39 is 0 Å². The summed E-state index contributed by atoms with van der Waals surface area (Å²) in [6, 6.07) is 1.99. The van der Waals surface area contributed by atoms with E-state index in [0.717, 1.165) is 24.0 Å². The van der Waals surface area contributed by atoms with Crippen molar-refractivity contribution in [1.82, 2.24) is 19.7 Å². The zero-order valence-electron chi connectivity index (χ0n) is 15.1. The molecule has 0 unspecified atom stereocenters. The lowest BCUT2D eigenvalue weighted by atomic mass is 10.0. The number of piperidine rings is 1. The highest BCUT2D eigenvalue weighted by atomic mass is 35.5. The van der Waals surface area contributed by atoms with Crippen molar-refractivity contribution in [3.63, 3.8) is 0 Å². The molecule has 0 spiro atoms.